The van der Waals surface area contributed by atoms with Gasteiger partial charge in [0.15, 0.2) is 0 Å². The molecule has 1 saturated heterocycles. The van der Waals surface area contributed by atoms with Gasteiger partial charge in [0.1, 0.15) is 5.76 Å². The lowest BCUT2D eigenvalue weighted by atomic mass is 10.0. The molecule has 1 atom stereocenters. The number of aryl methyl sites for hydroxylation is 1. The molecule has 2 aromatic rings. The van der Waals surface area contributed by atoms with Gasteiger partial charge in [-0.15, -0.1) is 0 Å². The van der Waals surface area contributed by atoms with E-state index >= 15 is 0 Å². The van der Waals surface area contributed by atoms with Gasteiger partial charge < -0.3 is 14.1 Å². The van der Waals surface area contributed by atoms with Crippen LogP contribution in [0, 0.1) is 6.92 Å². The van der Waals surface area contributed by atoms with Gasteiger partial charge in [-0.25, -0.2) is 0 Å². The van der Waals surface area contributed by atoms with Crippen LogP contribution in [0.5, 0.6) is 0 Å². The van der Waals surface area contributed by atoms with E-state index in [0.717, 1.165) is 12.1 Å². The monoisotopic (exact) mass is 353 g/mol. The van der Waals surface area contributed by atoms with Crippen LogP contribution in [0.25, 0.3) is 0 Å². The van der Waals surface area contributed by atoms with E-state index < -0.39 is 11.7 Å². The first kappa shape index (κ1) is 17.5. The molecular formula is C18H18F3NO3. The summed E-state index contributed by atoms with van der Waals surface area (Å²) >= 11 is 0. The number of alkyl halides is 3. The molecule has 1 unspecified atom stereocenters. The van der Waals surface area contributed by atoms with E-state index in [0.29, 0.717) is 43.0 Å². The molecule has 4 nitrogen and oxygen atoms in total. The fourth-order valence-electron chi connectivity index (χ4n) is 2.94. The normalized spacial score (nSPS) is 18.4. The van der Waals surface area contributed by atoms with E-state index in [1.165, 1.54) is 12.3 Å². The van der Waals surface area contributed by atoms with Crippen molar-refractivity contribution in [3.63, 3.8) is 0 Å². The Bertz CT molecular complexity index is 754. The van der Waals surface area contributed by atoms with Crippen LogP contribution < -0.4 is 0 Å². The number of morpholine rings is 1. The van der Waals surface area contributed by atoms with Crippen LogP contribution in [0.3, 0.4) is 0 Å². The molecule has 0 saturated carbocycles. The largest absolute Gasteiger partial charge is 0.469 e. The Morgan fingerprint density at radius 2 is 2.12 bits per heavy atom. The van der Waals surface area contributed by atoms with Crippen molar-refractivity contribution in [3.05, 3.63) is 59.0 Å². The number of ether oxygens (including phenoxy) is 1. The van der Waals surface area contributed by atoms with Crippen LogP contribution in [-0.2, 0) is 17.3 Å². The van der Waals surface area contributed by atoms with E-state index in [2.05, 4.69) is 0 Å². The van der Waals surface area contributed by atoms with Gasteiger partial charge in [-0.1, -0.05) is 18.2 Å². The molecule has 1 aliphatic rings. The number of carbonyl (C=O) groups excluding carboxylic acids is 1. The van der Waals surface area contributed by atoms with Crippen molar-refractivity contribution in [1.29, 1.82) is 0 Å². The quantitative estimate of drug-likeness (QED) is 0.845. The van der Waals surface area contributed by atoms with Gasteiger partial charge in [0.25, 0.3) is 5.91 Å². The average molecular weight is 353 g/mol. The smallest absolute Gasteiger partial charge is 0.416 e. The van der Waals surface area contributed by atoms with E-state index in [1.54, 1.807) is 24.0 Å². The molecule has 0 aliphatic carbocycles. The lowest BCUT2D eigenvalue weighted by Crippen LogP contribution is -2.46. The van der Waals surface area contributed by atoms with Crippen molar-refractivity contribution >= 4 is 5.91 Å². The molecule has 0 N–H and O–H groups in total. The van der Waals surface area contributed by atoms with Crippen LogP contribution in [0.2, 0.25) is 0 Å². The van der Waals surface area contributed by atoms with Gasteiger partial charge in [0.2, 0.25) is 0 Å². The highest BCUT2D eigenvalue weighted by molar-refractivity contribution is 5.95. The average Bonchev–Trinajstić information content (AvgIpc) is 3.00. The second-order valence-electron chi connectivity index (χ2n) is 6.04. The summed E-state index contributed by atoms with van der Waals surface area (Å²) in [5.41, 5.74) is 0.357. The highest BCUT2D eigenvalue weighted by atomic mass is 19.4. The van der Waals surface area contributed by atoms with Gasteiger partial charge in [-0.3, -0.25) is 4.79 Å². The molecule has 0 bridgehead atoms. The Morgan fingerprint density at radius 3 is 2.80 bits per heavy atom. The van der Waals surface area contributed by atoms with E-state index in [-0.39, 0.29) is 12.0 Å². The summed E-state index contributed by atoms with van der Waals surface area (Å²) in [5, 5.41) is 0. The molecule has 1 aromatic heterocycles. The molecule has 7 heteroatoms. The van der Waals surface area contributed by atoms with Gasteiger partial charge in [0.05, 0.1) is 30.1 Å². The molecule has 2 heterocycles. The number of halogens is 3. The highest BCUT2D eigenvalue weighted by Crippen LogP contribution is 2.30. The fraction of sp³-hybridized carbons (Fsp3) is 0.389. The first-order valence-electron chi connectivity index (χ1n) is 7.95. The molecule has 1 amide bonds. The van der Waals surface area contributed by atoms with Crippen LogP contribution in [0.15, 0.2) is 41.0 Å². The minimum atomic E-state index is -4.37. The Hall–Kier alpha value is -2.28. The predicted molar refractivity (Wildman–Crippen MR) is 84.2 cm³/mol. The molecule has 134 valence electrons. The Labute approximate surface area is 143 Å². The number of nitrogens with zero attached hydrogens (tertiary/aromatic N) is 1. The lowest BCUT2D eigenvalue weighted by Gasteiger charge is -2.33. The zero-order valence-corrected chi connectivity index (χ0v) is 13.7. The first-order chi connectivity index (χ1) is 11.8. The third-order valence-corrected chi connectivity index (χ3v) is 4.23. The number of rotatable bonds is 3. The Morgan fingerprint density at radius 1 is 1.32 bits per heavy atom. The van der Waals surface area contributed by atoms with Gasteiger partial charge in [0, 0.05) is 19.5 Å². The molecule has 3 rings (SSSR count). The van der Waals surface area contributed by atoms with Crippen molar-refractivity contribution in [2.45, 2.75) is 25.6 Å². The maximum atomic E-state index is 12.8. The summed E-state index contributed by atoms with van der Waals surface area (Å²) in [7, 11) is 0. The summed E-state index contributed by atoms with van der Waals surface area (Å²) in [6, 6.07) is 6.82. The highest BCUT2D eigenvalue weighted by Gasteiger charge is 2.31. The van der Waals surface area contributed by atoms with E-state index in [1.807, 2.05) is 0 Å². The second kappa shape index (κ2) is 6.92. The molecular weight excluding hydrogens is 335 g/mol. The van der Waals surface area contributed by atoms with Gasteiger partial charge in [-0.2, -0.15) is 13.2 Å². The van der Waals surface area contributed by atoms with Crippen molar-refractivity contribution in [2.75, 3.05) is 19.7 Å². The van der Waals surface area contributed by atoms with Crippen molar-refractivity contribution in [1.82, 2.24) is 4.90 Å². The maximum Gasteiger partial charge on any atom is 0.416 e. The Balaban J connectivity index is 1.68. The van der Waals surface area contributed by atoms with Crippen molar-refractivity contribution in [2.24, 2.45) is 0 Å². The number of hydrogen-bond acceptors (Lipinski definition) is 3. The zero-order valence-electron chi connectivity index (χ0n) is 13.7. The molecule has 0 radical (unpaired) electrons. The number of amides is 1. The van der Waals surface area contributed by atoms with Crippen LogP contribution >= 0.6 is 0 Å². The Kier molecular flexibility index (Phi) is 4.85. The maximum absolute atomic E-state index is 12.8. The summed E-state index contributed by atoms with van der Waals surface area (Å²) in [6.07, 6.45) is -2.93. The fourth-order valence-corrected chi connectivity index (χ4v) is 2.94. The van der Waals surface area contributed by atoms with Crippen molar-refractivity contribution in [3.8, 4) is 0 Å². The van der Waals surface area contributed by atoms with E-state index in [4.69, 9.17) is 9.15 Å². The van der Waals surface area contributed by atoms with Crippen LogP contribution in [0.4, 0.5) is 13.2 Å². The number of furan rings is 1. The van der Waals surface area contributed by atoms with E-state index in [9.17, 15) is 18.0 Å². The van der Waals surface area contributed by atoms with Gasteiger partial charge >= 0.3 is 6.18 Å². The lowest BCUT2D eigenvalue weighted by molar-refractivity contribution is -0.137. The standard InChI is InChI=1S/C18H18F3NO3/c1-12-16(5-7-24-12)17(23)22-6-8-25-15(11-22)10-13-3-2-4-14(9-13)18(19,20)21/h2-5,7,9,15H,6,8,10-11H2,1H3. The number of hydrogen-bond donors (Lipinski definition) is 0. The summed E-state index contributed by atoms with van der Waals surface area (Å²) < 4.78 is 49.2. The summed E-state index contributed by atoms with van der Waals surface area (Å²) in [5.74, 6) is 0.398. The predicted octanol–water partition coefficient (Wildman–Crippen LogP) is 3.69. The summed E-state index contributed by atoms with van der Waals surface area (Å²) in [6.45, 7) is 2.85. The van der Waals surface area contributed by atoms with Crippen LogP contribution in [-0.4, -0.2) is 36.6 Å². The van der Waals surface area contributed by atoms with Crippen molar-refractivity contribution < 1.29 is 27.1 Å². The third kappa shape index (κ3) is 4.04. The second-order valence-corrected chi connectivity index (χ2v) is 6.04. The zero-order chi connectivity index (χ0) is 18.0. The minimum Gasteiger partial charge on any atom is -0.469 e. The van der Waals surface area contributed by atoms with Crippen LogP contribution in [0.1, 0.15) is 27.2 Å². The SMILES string of the molecule is Cc1occc1C(=O)N1CCOC(Cc2cccc(C(F)(F)F)c2)C1. The first-order valence-corrected chi connectivity index (χ1v) is 7.95. The molecule has 1 aliphatic heterocycles. The number of benzene rings is 1. The minimum absolute atomic E-state index is 0.149. The topological polar surface area (TPSA) is 42.7 Å². The molecule has 0 spiro atoms. The summed E-state index contributed by atoms with van der Waals surface area (Å²) in [4.78, 5) is 14.2. The third-order valence-electron chi connectivity index (χ3n) is 4.23. The number of carbonyl (C=O) groups is 1. The van der Waals surface area contributed by atoms with Gasteiger partial charge in [-0.05, 0) is 24.6 Å². The molecule has 25 heavy (non-hydrogen) atoms. The molecule has 1 fully saturated rings. The molecule has 1 aromatic carbocycles.